The largest absolute Gasteiger partial charge is 0.497 e. The van der Waals surface area contributed by atoms with Gasteiger partial charge in [0.25, 0.3) is 0 Å². The number of aliphatic imine (C=N–C) groups is 1. The molecule has 0 aliphatic carbocycles. The van der Waals surface area contributed by atoms with E-state index in [0.717, 1.165) is 47.6 Å². The van der Waals surface area contributed by atoms with Gasteiger partial charge in [-0.25, -0.2) is 4.99 Å². The van der Waals surface area contributed by atoms with Crippen molar-refractivity contribution in [2.24, 2.45) is 4.99 Å². The number of aryl methyl sites for hydroxylation is 1. The minimum atomic E-state index is 0. The maximum Gasteiger partial charge on any atom is 0.165 e. The van der Waals surface area contributed by atoms with Crippen LogP contribution in [-0.4, -0.2) is 24.3 Å². The summed E-state index contributed by atoms with van der Waals surface area (Å²) in [6.07, 6.45) is 1.01. The maximum absolute atomic E-state index is 5.37. The summed E-state index contributed by atoms with van der Waals surface area (Å²) < 4.78 is 10.7. The Labute approximate surface area is 241 Å². The van der Waals surface area contributed by atoms with Gasteiger partial charge in [-0.1, -0.05) is 85.4 Å². The standard InChI is InChI=1S/C32H34N2O2S.BrH/c1-4-25-10-16-29(17-11-25)33-32(37-24-28-8-6-5-7-9-28)34(22-26-12-18-30(35-2)19-13-26)23-27-14-20-31(36-3)21-15-27;/h5-21H,4,22-24H2,1-3H3;1H. The monoisotopic (exact) mass is 590 g/mol. The molecule has 0 aliphatic rings. The van der Waals surface area contributed by atoms with Crippen molar-refractivity contribution in [1.29, 1.82) is 0 Å². The highest BCUT2D eigenvalue weighted by Gasteiger charge is 2.15. The SMILES string of the molecule is Br.CCc1ccc(N=C(SCc2ccccc2)N(Cc2ccc(OC)cc2)Cc2ccc(OC)cc2)cc1. The van der Waals surface area contributed by atoms with Crippen LogP contribution in [0, 0.1) is 0 Å². The first-order valence-electron chi connectivity index (χ1n) is 12.5. The molecule has 0 radical (unpaired) electrons. The number of hydrogen-bond donors (Lipinski definition) is 0. The molecule has 0 unspecified atom stereocenters. The van der Waals surface area contributed by atoms with Gasteiger partial charge in [0.1, 0.15) is 11.5 Å². The molecule has 0 N–H and O–H groups in total. The summed E-state index contributed by atoms with van der Waals surface area (Å²) in [5, 5.41) is 0.986. The van der Waals surface area contributed by atoms with E-state index in [-0.39, 0.29) is 17.0 Å². The normalized spacial score (nSPS) is 11.0. The second kappa shape index (κ2) is 15.3. The van der Waals surface area contributed by atoms with Crippen molar-refractivity contribution in [1.82, 2.24) is 4.90 Å². The van der Waals surface area contributed by atoms with Gasteiger partial charge in [-0.15, -0.1) is 17.0 Å². The first kappa shape index (κ1) is 29.3. The van der Waals surface area contributed by atoms with Crippen LogP contribution in [0.1, 0.15) is 29.2 Å². The van der Waals surface area contributed by atoms with E-state index in [1.807, 2.05) is 24.3 Å². The molecule has 0 aliphatic heterocycles. The number of rotatable bonds is 10. The van der Waals surface area contributed by atoms with Gasteiger partial charge in [0, 0.05) is 18.8 Å². The molecule has 0 atom stereocenters. The zero-order chi connectivity index (χ0) is 25.9. The lowest BCUT2D eigenvalue weighted by Gasteiger charge is -2.26. The predicted octanol–water partition coefficient (Wildman–Crippen LogP) is 8.47. The van der Waals surface area contributed by atoms with Crippen LogP contribution in [0.5, 0.6) is 11.5 Å². The van der Waals surface area contributed by atoms with Crippen LogP contribution >= 0.6 is 28.7 Å². The third kappa shape index (κ3) is 8.67. The zero-order valence-corrected chi connectivity index (χ0v) is 24.7. The number of thioether (sulfide) groups is 1. The fraction of sp³-hybridized carbons (Fsp3) is 0.219. The summed E-state index contributed by atoms with van der Waals surface area (Å²) in [6.45, 7) is 3.62. The van der Waals surface area contributed by atoms with Crippen molar-refractivity contribution in [2.45, 2.75) is 32.2 Å². The lowest BCUT2D eigenvalue weighted by atomic mass is 10.1. The van der Waals surface area contributed by atoms with Gasteiger partial charge in [-0.2, -0.15) is 0 Å². The number of halogens is 1. The second-order valence-electron chi connectivity index (χ2n) is 8.74. The van der Waals surface area contributed by atoms with Gasteiger partial charge >= 0.3 is 0 Å². The minimum absolute atomic E-state index is 0. The molecule has 4 rings (SSSR count). The summed E-state index contributed by atoms with van der Waals surface area (Å²) in [4.78, 5) is 7.52. The number of ether oxygens (including phenoxy) is 2. The first-order chi connectivity index (χ1) is 18.2. The molecule has 0 saturated heterocycles. The molecule has 0 heterocycles. The maximum atomic E-state index is 5.37. The van der Waals surface area contributed by atoms with Crippen LogP contribution in [0.4, 0.5) is 5.69 Å². The highest BCUT2D eigenvalue weighted by molar-refractivity contribution is 8.93. The van der Waals surface area contributed by atoms with Crippen molar-refractivity contribution in [3.05, 3.63) is 125 Å². The molecule has 4 nitrogen and oxygen atoms in total. The van der Waals surface area contributed by atoms with Crippen molar-refractivity contribution in [3.8, 4) is 11.5 Å². The molecular formula is C32H35BrN2O2S. The molecule has 0 amide bonds. The molecule has 6 heteroatoms. The Kier molecular flexibility index (Phi) is 11.8. The zero-order valence-electron chi connectivity index (χ0n) is 22.2. The molecule has 4 aromatic rings. The van der Waals surface area contributed by atoms with Crippen molar-refractivity contribution < 1.29 is 9.47 Å². The van der Waals surface area contributed by atoms with E-state index < -0.39 is 0 Å². The van der Waals surface area contributed by atoms with Gasteiger partial charge in [0.2, 0.25) is 0 Å². The molecule has 38 heavy (non-hydrogen) atoms. The molecule has 0 saturated carbocycles. The van der Waals surface area contributed by atoms with E-state index in [2.05, 4.69) is 90.7 Å². The third-order valence-electron chi connectivity index (χ3n) is 6.12. The Hall–Kier alpha value is -3.22. The molecule has 0 aromatic heterocycles. The van der Waals surface area contributed by atoms with Gasteiger partial charge in [-0.3, -0.25) is 0 Å². The fourth-order valence-corrected chi connectivity index (χ4v) is 4.90. The molecule has 4 aromatic carbocycles. The Balaban J connectivity index is 0.00000400. The smallest absolute Gasteiger partial charge is 0.165 e. The second-order valence-corrected chi connectivity index (χ2v) is 9.68. The molecule has 0 spiro atoms. The first-order valence-corrected chi connectivity index (χ1v) is 13.5. The Bertz CT molecular complexity index is 1210. The molecule has 0 bridgehead atoms. The van der Waals surface area contributed by atoms with Crippen molar-refractivity contribution in [3.63, 3.8) is 0 Å². The quantitative estimate of drug-likeness (QED) is 0.137. The van der Waals surface area contributed by atoms with E-state index in [9.17, 15) is 0 Å². The molecular weight excluding hydrogens is 556 g/mol. The average Bonchev–Trinajstić information content (AvgIpc) is 2.96. The Morgan fingerprint density at radius 2 is 1.16 bits per heavy atom. The summed E-state index contributed by atoms with van der Waals surface area (Å²) in [6, 6.07) is 35.6. The van der Waals surface area contributed by atoms with Gasteiger partial charge < -0.3 is 14.4 Å². The highest BCUT2D eigenvalue weighted by Crippen LogP contribution is 2.26. The van der Waals surface area contributed by atoms with Crippen LogP contribution in [0.25, 0.3) is 0 Å². The van der Waals surface area contributed by atoms with Crippen molar-refractivity contribution in [2.75, 3.05) is 14.2 Å². The predicted molar refractivity (Wildman–Crippen MR) is 166 cm³/mol. The van der Waals surface area contributed by atoms with E-state index >= 15 is 0 Å². The number of benzene rings is 4. The van der Waals surface area contributed by atoms with Gasteiger partial charge in [0.05, 0.1) is 19.9 Å². The summed E-state index contributed by atoms with van der Waals surface area (Å²) >= 11 is 1.77. The van der Waals surface area contributed by atoms with Crippen LogP contribution in [0.15, 0.2) is 108 Å². The van der Waals surface area contributed by atoms with Crippen molar-refractivity contribution >= 4 is 39.6 Å². The lowest BCUT2D eigenvalue weighted by Crippen LogP contribution is -2.28. The Morgan fingerprint density at radius 1 is 0.658 bits per heavy atom. The average molecular weight is 592 g/mol. The van der Waals surface area contributed by atoms with E-state index in [0.29, 0.717) is 0 Å². The summed E-state index contributed by atoms with van der Waals surface area (Å²) in [5.74, 6) is 2.55. The molecule has 198 valence electrons. The van der Waals surface area contributed by atoms with E-state index in [4.69, 9.17) is 14.5 Å². The van der Waals surface area contributed by atoms with Crippen LogP contribution in [0.3, 0.4) is 0 Å². The number of methoxy groups -OCH3 is 2. The van der Waals surface area contributed by atoms with Crippen LogP contribution in [-0.2, 0) is 25.3 Å². The third-order valence-corrected chi connectivity index (χ3v) is 7.20. The number of hydrogen-bond acceptors (Lipinski definition) is 4. The highest BCUT2D eigenvalue weighted by atomic mass is 79.9. The topological polar surface area (TPSA) is 34.1 Å². The van der Waals surface area contributed by atoms with Crippen LogP contribution < -0.4 is 9.47 Å². The van der Waals surface area contributed by atoms with Gasteiger partial charge in [0.15, 0.2) is 5.17 Å². The van der Waals surface area contributed by atoms with Gasteiger partial charge in [-0.05, 0) is 65.1 Å². The Morgan fingerprint density at radius 3 is 1.63 bits per heavy atom. The summed E-state index contributed by atoms with van der Waals surface area (Å²) in [5.41, 5.74) is 5.94. The van der Waals surface area contributed by atoms with E-state index in [1.165, 1.54) is 22.3 Å². The minimum Gasteiger partial charge on any atom is -0.497 e. The summed E-state index contributed by atoms with van der Waals surface area (Å²) in [7, 11) is 3.39. The fourth-order valence-electron chi connectivity index (χ4n) is 3.93. The van der Waals surface area contributed by atoms with E-state index in [1.54, 1.807) is 26.0 Å². The molecule has 0 fully saturated rings. The lowest BCUT2D eigenvalue weighted by molar-refractivity contribution is 0.405. The number of nitrogens with zero attached hydrogens (tertiary/aromatic N) is 2. The van der Waals surface area contributed by atoms with Crippen LogP contribution in [0.2, 0.25) is 0 Å². The number of amidine groups is 1.